The molecule has 4 heterocycles. The lowest BCUT2D eigenvalue weighted by molar-refractivity contribution is 0.0686. The molecule has 1 aromatic carbocycles. The fourth-order valence-electron chi connectivity index (χ4n) is 4.49. The lowest BCUT2D eigenvalue weighted by Gasteiger charge is -2.35. The number of benzene rings is 1. The molecule has 1 amide bonds. The summed E-state index contributed by atoms with van der Waals surface area (Å²) in [6.45, 7) is 0.553. The molecule has 0 saturated carbocycles. The van der Waals surface area contributed by atoms with Crippen LogP contribution in [0.25, 0.3) is 10.4 Å². The zero-order chi connectivity index (χ0) is 17.0. The zero-order valence-corrected chi connectivity index (χ0v) is 16.4. The highest BCUT2D eigenvalue weighted by Crippen LogP contribution is 2.42. The molecule has 2 unspecified atom stereocenters. The Kier molecular flexibility index (Phi) is 4.71. The Hall–Kier alpha value is -1.56. The van der Waals surface area contributed by atoms with Gasteiger partial charge in [0.25, 0.3) is 5.91 Å². The number of hydrogen-bond donors (Lipinski definition) is 1. The monoisotopic (exact) mass is 390 g/mol. The molecule has 3 aliphatic heterocycles. The second-order valence-corrected chi connectivity index (χ2v) is 8.48. The number of fused-ring (bicyclic) bond motifs is 5. The number of para-hydroxylation sites is 1. The van der Waals surface area contributed by atoms with Gasteiger partial charge < -0.3 is 15.0 Å². The largest absolute Gasteiger partial charge is 0.488 e. The summed E-state index contributed by atoms with van der Waals surface area (Å²) >= 11 is 1.61. The van der Waals surface area contributed by atoms with E-state index in [4.69, 9.17) is 4.74 Å². The van der Waals surface area contributed by atoms with Gasteiger partial charge in [-0.2, -0.15) is 0 Å². The van der Waals surface area contributed by atoms with Crippen molar-refractivity contribution in [3.63, 3.8) is 0 Å². The van der Waals surface area contributed by atoms with Gasteiger partial charge in [-0.05, 0) is 43.9 Å². The molecule has 138 valence electrons. The zero-order valence-electron chi connectivity index (χ0n) is 14.7. The quantitative estimate of drug-likeness (QED) is 0.839. The van der Waals surface area contributed by atoms with E-state index in [-0.39, 0.29) is 18.3 Å². The molecule has 0 radical (unpaired) electrons. The third-order valence-electron chi connectivity index (χ3n) is 5.85. The van der Waals surface area contributed by atoms with Gasteiger partial charge >= 0.3 is 0 Å². The fraction of sp³-hybridized carbons (Fsp3) is 0.450. The average molecular weight is 391 g/mol. The Morgan fingerprint density at radius 3 is 2.73 bits per heavy atom. The maximum atomic E-state index is 13.1. The highest BCUT2D eigenvalue weighted by atomic mass is 35.5. The van der Waals surface area contributed by atoms with Gasteiger partial charge in [-0.1, -0.05) is 12.1 Å². The predicted octanol–water partition coefficient (Wildman–Crippen LogP) is 4.08. The predicted molar refractivity (Wildman–Crippen MR) is 106 cm³/mol. The van der Waals surface area contributed by atoms with E-state index >= 15 is 0 Å². The molecule has 1 aromatic heterocycles. The van der Waals surface area contributed by atoms with E-state index in [0.717, 1.165) is 34.6 Å². The van der Waals surface area contributed by atoms with Crippen molar-refractivity contribution < 1.29 is 9.53 Å². The molecule has 0 spiro atoms. The van der Waals surface area contributed by atoms with E-state index in [1.54, 1.807) is 11.3 Å². The molecule has 2 saturated heterocycles. The van der Waals surface area contributed by atoms with E-state index in [2.05, 4.69) is 11.4 Å². The molecule has 4 nitrogen and oxygen atoms in total. The number of nitrogens with one attached hydrogen (secondary N) is 1. The van der Waals surface area contributed by atoms with Crippen molar-refractivity contribution >= 4 is 29.7 Å². The van der Waals surface area contributed by atoms with Gasteiger partial charge in [0.1, 0.15) is 12.4 Å². The van der Waals surface area contributed by atoms with Gasteiger partial charge in [-0.3, -0.25) is 4.79 Å². The second kappa shape index (κ2) is 6.87. The standard InChI is InChI=1S/C20H22N2O2S.ClH/c1-22(15-9-13-6-7-14(10-15)21-13)20(23)18-8-12-11-24-17-5-3-2-4-16(17)19(12)25-18;/h2-5,8,13-15,21H,6-7,9-11H2,1H3;1H. The van der Waals surface area contributed by atoms with E-state index in [1.807, 2.05) is 36.2 Å². The number of hydrogen-bond acceptors (Lipinski definition) is 4. The Labute approximate surface area is 163 Å². The highest BCUT2D eigenvalue weighted by Gasteiger charge is 2.37. The average Bonchev–Trinajstić information content (AvgIpc) is 3.23. The first kappa shape index (κ1) is 17.8. The van der Waals surface area contributed by atoms with Gasteiger partial charge in [-0.15, -0.1) is 23.7 Å². The van der Waals surface area contributed by atoms with Crippen LogP contribution < -0.4 is 10.1 Å². The molecule has 1 N–H and O–H groups in total. The normalized spacial score (nSPS) is 25.5. The van der Waals surface area contributed by atoms with E-state index < -0.39 is 0 Å². The van der Waals surface area contributed by atoms with E-state index in [0.29, 0.717) is 24.7 Å². The lowest BCUT2D eigenvalue weighted by atomic mass is 9.98. The SMILES string of the molecule is CN(C(=O)c1cc2c(s1)-c1ccccc1OC2)C1CC2CCC(C1)N2.Cl. The molecule has 2 fully saturated rings. The van der Waals surface area contributed by atoms with Crippen molar-refractivity contribution in [1.29, 1.82) is 0 Å². The molecule has 5 rings (SSSR count). The van der Waals surface area contributed by atoms with Gasteiger partial charge in [0.2, 0.25) is 0 Å². The van der Waals surface area contributed by atoms with Crippen LogP contribution in [0.4, 0.5) is 0 Å². The maximum absolute atomic E-state index is 13.1. The number of nitrogens with zero attached hydrogens (tertiary/aromatic N) is 1. The van der Waals surface area contributed by atoms with Crippen LogP contribution in [0, 0.1) is 0 Å². The van der Waals surface area contributed by atoms with Crippen LogP contribution >= 0.6 is 23.7 Å². The number of thiophene rings is 1. The second-order valence-electron chi connectivity index (χ2n) is 7.43. The summed E-state index contributed by atoms with van der Waals surface area (Å²) in [7, 11) is 1.97. The van der Waals surface area contributed by atoms with Gasteiger partial charge in [-0.25, -0.2) is 0 Å². The topological polar surface area (TPSA) is 41.6 Å². The summed E-state index contributed by atoms with van der Waals surface area (Å²) < 4.78 is 5.83. The molecule has 2 bridgehead atoms. The number of ether oxygens (including phenoxy) is 1. The van der Waals surface area contributed by atoms with Gasteiger partial charge in [0, 0.05) is 41.2 Å². The number of carbonyl (C=O) groups excluding carboxylic acids is 1. The van der Waals surface area contributed by atoms with Crippen molar-refractivity contribution in [3.05, 3.63) is 40.8 Å². The Bertz CT molecular complexity index is 825. The van der Waals surface area contributed by atoms with Crippen LogP contribution in [0.5, 0.6) is 5.75 Å². The first-order valence-electron chi connectivity index (χ1n) is 9.07. The smallest absolute Gasteiger partial charge is 0.263 e. The maximum Gasteiger partial charge on any atom is 0.263 e. The molecule has 2 atom stereocenters. The molecular formula is C20H23ClN2O2S. The molecule has 3 aliphatic rings. The minimum Gasteiger partial charge on any atom is -0.488 e. The van der Waals surface area contributed by atoms with E-state index in [9.17, 15) is 4.79 Å². The lowest BCUT2D eigenvalue weighted by Crippen LogP contribution is -2.48. The number of piperidine rings is 1. The summed E-state index contributed by atoms with van der Waals surface area (Å²) in [6, 6.07) is 11.7. The highest BCUT2D eigenvalue weighted by molar-refractivity contribution is 7.17. The third-order valence-corrected chi connectivity index (χ3v) is 7.05. The number of rotatable bonds is 2. The fourth-order valence-corrected chi connectivity index (χ4v) is 5.67. The summed E-state index contributed by atoms with van der Waals surface area (Å²) in [5, 5.41) is 3.65. The summed E-state index contributed by atoms with van der Waals surface area (Å²) in [5.41, 5.74) is 2.24. The van der Waals surface area contributed by atoms with Crippen molar-refractivity contribution in [2.45, 2.75) is 50.4 Å². The van der Waals surface area contributed by atoms with Crippen molar-refractivity contribution in [2.75, 3.05) is 7.05 Å². The Balaban J connectivity index is 0.00000168. The third kappa shape index (κ3) is 2.92. The molecule has 2 aromatic rings. The first-order chi connectivity index (χ1) is 12.2. The van der Waals surface area contributed by atoms with Crippen molar-refractivity contribution in [3.8, 4) is 16.2 Å². The van der Waals surface area contributed by atoms with Gasteiger partial charge in [0.15, 0.2) is 0 Å². The minimum absolute atomic E-state index is 0. The molecule has 26 heavy (non-hydrogen) atoms. The summed E-state index contributed by atoms with van der Waals surface area (Å²) in [6.07, 6.45) is 4.67. The summed E-state index contributed by atoms with van der Waals surface area (Å²) in [4.78, 5) is 17.1. The van der Waals surface area contributed by atoms with Crippen LogP contribution in [0.2, 0.25) is 0 Å². The number of amides is 1. The molecule has 0 aliphatic carbocycles. The number of halogens is 1. The number of carbonyl (C=O) groups is 1. The Morgan fingerprint density at radius 1 is 1.23 bits per heavy atom. The molecule has 6 heteroatoms. The van der Waals surface area contributed by atoms with Gasteiger partial charge in [0.05, 0.1) is 4.88 Å². The van der Waals surface area contributed by atoms with Crippen LogP contribution in [0.15, 0.2) is 30.3 Å². The first-order valence-corrected chi connectivity index (χ1v) is 9.89. The Morgan fingerprint density at radius 2 is 1.96 bits per heavy atom. The van der Waals surface area contributed by atoms with Crippen molar-refractivity contribution in [2.24, 2.45) is 0 Å². The van der Waals surface area contributed by atoms with Crippen LogP contribution in [-0.2, 0) is 6.61 Å². The molecular weight excluding hydrogens is 368 g/mol. The van der Waals surface area contributed by atoms with Crippen LogP contribution in [0.1, 0.15) is 40.9 Å². The van der Waals surface area contributed by atoms with Crippen molar-refractivity contribution in [1.82, 2.24) is 10.2 Å². The van der Waals surface area contributed by atoms with E-state index in [1.165, 1.54) is 17.7 Å². The minimum atomic E-state index is 0. The van der Waals surface area contributed by atoms with Crippen LogP contribution in [0.3, 0.4) is 0 Å². The van der Waals surface area contributed by atoms with Crippen LogP contribution in [-0.4, -0.2) is 36.0 Å². The summed E-state index contributed by atoms with van der Waals surface area (Å²) in [5.74, 6) is 1.07.